The highest BCUT2D eigenvalue weighted by atomic mass is 16.5. The highest BCUT2D eigenvalue weighted by Gasteiger charge is 2.19. The van der Waals surface area contributed by atoms with Crippen LogP contribution in [0.15, 0.2) is 54.6 Å². The van der Waals surface area contributed by atoms with Crippen LogP contribution in [0.25, 0.3) is 0 Å². The summed E-state index contributed by atoms with van der Waals surface area (Å²) in [6, 6.07) is 17.8. The van der Waals surface area contributed by atoms with Crippen LogP contribution in [0, 0.1) is 0 Å². The first-order valence-corrected chi connectivity index (χ1v) is 8.49. The van der Waals surface area contributed by atoms with Gasteiger partial charge in [-0.2, -0.15) is 0 Å². The number of para-hydroxylation sites is 1. The Labute approximate surface area is 143 Å². The molecule has 0 aromatic heterocycles. The van der Waals surface area contributed by atoms with Crippen molar-refractivity contribution >= 4 is 12.0 Å². The molecule has 0 N–H and O–H groups in total. The first-order valence-electron chi connectivity index (χ1n) is 8.49. The molecule has 24 heavy (non-hydrogen) atoms. The van der Waals surface area contributed by atoms with Crippen molar-refractivity contribution < 1.29 is 9.53 Å². The molecule has 4 heteroatoms. The fourth-order valence-electron chi connectivity index (χ4n) is 3.08. The maximum atomic E-state index is 10.7. The summed E-state index contributed by atoms with van der Waals surface area (Å²) in [7, 11) is 0. The molecule has 2 aromatic carbocycles. The molecular weight excluding hydrogens is 300 g/mol. The second-order valence-corrected chi connectivity index (χ2v) is 6.24. The fraction of sp³-hybridized carbons (Fsp3) is 0.350. The molecule has 1 aliphatic heterocycles. The molecule has 1 aliphatic rings. The van der Waals surface area contributed by atoms with Gasteiger partial charge in [0.05, 0.1) is 0 Å². The van der Waals surface area contributed by atoms with E-state index >= 15 is 0 Å². The van der Waals surface area contributed by atoms with Gasteiger partial charge >= 0.3 is 0 Å². The number of hydrogen-bond donors (Lipinski definition) is 0. The summed E-state index contributed by atoms with van der Waals surface area (Å²) in [4.78, 5) is 15.6. The minimum absolute atomic E-state index is 0.172. The molecule has 4 nitrogen and oxygen atoms in total. The highest BCUT2D eigenvalue weighted by molar-refractivity contribution is 5.75. The Balaban J connectivity index is 1.47. The van der Waals surface area contributed by atoms with Gasteiger partial charge in [-0.05, 0) is 43.3 Å². The van der Waals surface area contributed by atoms with Crippen LogP contribution in [0.3, 0.4) is 0 Å². The van der Waals surface area contributed by atoms with E-state index in [1.165, 1.54) is 5.69 Å². The number of benzene rings is 2. The van der Waals surface area contributed by atoms with Crippen molar-refractivity contribution in [3.63, 3.8) is 0 Å². The van der Waals surface area contributed by atoms with Crippen LogP contribution in [-0.4, -0.2) is 50.0 Å². The Morgan fingerprint density at radius 2 is 1.67 bits per heavy atom. The fourth-order valence-corrected chi connectivity index (χ4v) is 3.08. The second kappa shape index (κ2) is 7.97. The number of nitrogens with zero attached hydrogens (tertiary/aromatic N) is 2. The Bertz CT molecular complexity index is 634. The smallest absolute Gasteiger partial charge is 0.150 e. The molecule has 1 heterocycles. The van der Waals surface area contributed by atoms with Gasteiger partial charge in [-0.25, -0.2) is 0 Å². The lowest BCUT2D eigenvalue weighted by atomic mass is 10.2. The van der Waals surface area contributed by atoms with E-state index in [0.717, 1.165) is 50.3 Å². The molecule has 0 spiro atoms. The topological polar surface area (TPSA) is 32.8 Å². The van der Waals surface area contributed by atoms with Gasteiger partial charge in [0, 0.05) is 44.0 Å². The predicted molar refractivity (Wildman–Crippen MR) is 97.0 cm³/mol. The number of aldehydes is 1. The minimum Gasteiger partial charge on any atom is -0.489 e. The number of hydrogen-bond acceptors (Lipinski definition) is 4. The number of carbonyl (C=O) groups is 1. The summed E-state index contributed by atoms with van der Waals surface area (Å²) in [6.07, 6.45) is 1.06. The first-order chi connectivity index (χ1) is 11.7. The van der Waals surface area contributed by atoms with Gasteiger partial charge in [-0.3, -0.25) is 9.69 Å². The Morgan fingerprint density at radius 1 is 1.00 bits per heavy atom. The van der Waals surface area contributed by atoms with E-state index in [0.29, 0.717) is 0 Å². The average molecular weight is 324 g/mol. The summed E-state index contributed by atoms with van der Waals surface area (Å²) in [6.45, 7) is 7.11. The summed E-state index contributed by atoms with van der Waals surface area (Å²) >= 11 is 0. The lowest BCUT2D eigenvalue weighted by Gasteiger charge is -2.37. The summed E-state index contributed by atoms with van der Waals surface area (Å²) in [5, 5.41) is 0. The third-order valence-corrected chi connectivity index (χ3v) is 4.36. The van der Waals surface area contributed by atoms with Crippen molar-refractivity contribution in [2.45, 2.75) is 13.0 Å². The van der Waals surface area contributed by atoms with E-state index in [-0.39, 0.29) is 6.10 Å². The standard InChI is InChI=1S/C20H24N2O2/c1-17(24-20-5-3-2-4-6-20)15-21-11-13-22(14-12-21)19-9-7-18(16-23)8-10-19/h2-10,16-17H,11-15H2,1H3. The Kier molecular flexibility index (Phi) is 5.49. The van der Waals surface area contributed by atoms with Gasteiger partial charge in [0.15, 0.2) is 0 Å². The molecule has 126 valence electrons. The van der Waals surface area contributed by atoms with Gasteiger partial charge in [0.2, 0.25) is 0 Å². The van der Waals surface area contributed by atoms with Gasteiger partial charge in [0.1, 0.15) is 18.1 Å². The molecule has 1 saturated heterocycles. The predicted octanol–water partition coefficient (Wildman–Crippen LogP) is 3.09. The monoisotopic (exact) mass is 324 g/mol. The van der Waals surface area contributed by atoms with E-state index in [4.69, 9.17) is 4.74 Å². The van der Waals surface area contributed by atoms with E-state index in [2.05, 4.69) is 16.7 Å². The largest absolute Gasteiger partial charge is 0.489 e. The van der Waals surface area contributed by atoms with Crippen molar-refractivity contribution in [1.29, 1.82) is 0 Å². The summed E-state index contributed by atoms with van der Waals surface area (Å²) in [5.74, 6) is 0.930. The van der Waals surface area contributed by atoms with Crippen molar-refractivity contribution in [2.24, 2.45) is 0 Å². The zero-order valence-corrected chi connectivity index (χ0v) is 14.1. The maximum Gasteiger partial charge on any atom is 0.150 e. The Morgan fingerprint density at radius 3 is 2.29 bits per heavy atom. The number of piperazine rings is 1. The molecule has 0 amide bonds. The van der Waals surface area contributed by atoms with Crippen LogP contribution in [0.5, 0.6) is 5.75 Å². The van der Waals surface area contributed by atoms with Crippen molar-refractivity contribution in [2.75, 3.05) is 37.6 Å². The van der Waals surface area contributed by atoms with Gasteiger partial charge in [0.25, 0.3) is 0 Å². The first kappa shape index (κ1) is 16.5. The SMILES string of the molecule is CC(CN1CCN(c2ccc(C=O)cc2)CC1)Oc1ccccc1. The van der Waals surface area contributed by atoms with Crippen LogP contribution in [0.1, 0.15) is 17.3 Å². The summed E-state index contributed by atoms with van der Waals surface area (Å²) < 4.78 is 5.97. The van der Waals surface area contributed by atoms with E-state index < -0.39 is 0 Å². The van der Waals surface area contributed by atoms with Gasteiger partial charge in [-0.1, -0.05) is 18.2 Å². The van der Waals surface area contributed by atoms with E-state index in [9.17, 15) is 4.79 Å². The van der Waals surface area contributed by atoms with E-state index in [1.54, 1.807) is 0 Å². The van der Waals surface area contributed by atoms with Crippen molar-refractivity contribution in [3.8, 4) is 5.75 Å². The molecule has 1 unspecified atom stereocenters. The maximum absolute atomic E-state index is 10.7. The zero-order valence-electron chi connectivity index (χ0n) is 14.1. The second-order valence-electron chi connectivity index (χ2n) is 6.24. The number of anilines is 1. The highest BCUT2D eigenvalue weighted by Crippen LogP contribution is 2.17. The molecule has 0 bridgehead atoms. The Hall–Kier alpha value is -2.33. The molecule has 1 fully saturated rings. The molecule has 0 saturated carbocycles. The van der Waals surface area contributed by atoms with E-state index in [1.807, 2.05) is 54.6 Å². The van der Waals surface area contributed by atoms with Crippen LogP contribution >= 0.6 is 0 Å². The zero-order chi connectivity index (χ0) is 16.8. The molecule has 3 rings (SSSR count). The molecule has 1 atom stereocenters. The number of carbonyl (C=O) groups excluding carboxylic acids is 1. The van der Waals surface area contributed by atoms with Crippen LogP contribution < -0.4 is 9.64 Å². The number of rotatable bonds is 6. The normalized spacial score (nSPS) is 16.6. The third kappa shape index (κ3) is 4.36. The van der Waals surface area contributed by atoms with Crippen LogP contribution in [0.4, 0.5) is 5.69 Å². The lowest BCUT2D eigenvalue weighted by molar-refractivity contribution is 0.112. The molecule has 0 aliphatic carbocycles. The summed E-state index contributed by atoms with van der Waals surface area (Å²) in [5.41, 5.74) is 1.91. The molecule has 0 radical (unpaired) electrons. The van der Waals surface area contributed by atoms with Crippen LogP contribution in [-0.2, 0) is 0 Å². The average Bonchev–Trinajstić information content (AvgIpc) is 2.63. The van der Waals surface area contributed by atoms with Gasteiger partial charge < -0.3 is 9.64 Å². The van der Waals surface area contributed by atoms with Gasteiger partial charge in [-0.15, -0.1) is 0 Å². The van der Waals surface area contributed by atoms with Crippen molar-refractivity contribution in [1.82, 2.24) is 4.90 Å². The quantitative estimate of drug-likeness (QED) is 0.765. The van der Waals surface area contributed by atoms with Crippen LogP contribution in [0.2, 0.25) is 0 Å². The minimum atomic E-state index is 0.172. The number of ether oxygens (including phenoxy) is 1. The molecule has 2 aromatic rings. The lowest BCUT2D eigenvalue weighted by Crippen LogP contribution is -2.48. The van der Waals surface area contributed by atoms with Crippen molar-refractivity contribution in [3.05, 3.63) is 60.2 Å². The third-order valence-electron chi connectivity index (χ3n) is 4.36. The molecular formula is C20H24N2O2.